The first-order valence-corrected chi connectivity index (χ1v) is 10.8. The Labute approximate surface area is 169 Å². The van der Waals surface area contributed by atoms with Crippen molar-refractivity contribution in [3.63, 3.8) is 0 Å². The zero-order chi connectivity index (χ0) is 19.6. The van der Waals surface area contributed by atoms with Crippen molar-refractivity contribution in [3.8, 4) is 0 Å². The Morgan fingerprint density at radius 2 is 1.96 bits per heavy atom. The molecule has 154 valence electrons. The molecule has 1 heterocycles. The highest BCUT2D eigenvalue weighted by atomic mass is 16.2. The number of guanidine groups is 1. The fourth-order valence-corrected chi connectivity index (χ4v) is 4.16. The van der Waals surface area contributed by atoms with Gasteiger partial charge in [-0.2, -0.15) is 0 Å². The third-order valence-electron chi connectivity index (χ3n) is 5.83. The molecule has 2 aliphatic rings. The first-order chi connectivity index (χ1) is 13.7. The van der Waals surface area contributed by atoms with E-state index in [1.165, 1.54) is 50.5 Å². The number of hydrogen-bond donors (Lipinski definition) is 3. The molecule has 3 rings (SSSR count). The maximum atomic E-state index is 11.5. The van der Waals surface area contributed by atoms with Crippen LogP contribution in [-0.2, 0) is 11.3 Å². The SMILES string of the molecule is CN=C(NCCCC1CCCCC1)NCc1ccc(N2CCNC(=O)C2)cc1. The smallest absolute Gasteiger partial charge is 0.239 e. The maximum absolute atomic E-state index is 11.5. The number of hydrogen-bond acceptors (Lipinski definition) is 3. The van der Waals surface area contributed by atoms with Crippen molar-refractivity contribution in [2.24, 2.45) is 10.9 Å². The van der Waals surface area contributed by atoms with Gasteiger partial charge in [0.05, 0.1) is 6.54 Å². The van der Waals surface area contributed by atoms with Gasteiger partial charge in [-0.15, -0.1) is 0 Å². The number of rotatable bonds is 7. The van der Waals surface area contributed by atoms with E-state index in [9.17, 15) is 4.79 Å². The maximum Gasteiger partial charge on any atom is 0.239 e. The Bertz CT molecular complexity index is 637. The highest BCUT2D eigenvalue weighted by Gasteiger charge is 2.16. The van der Waals surface area contributed by atoms with Crippen LogP contribution in [0.5, 0.6) is 0 Å². The fourth-order valence-electron chi connectivity index (χ4n) is 4.16. The standard InChI is InChI=1S/C22H35N5O/c1-23-22(25-13-5-8-18-6-3-2-4-7-18)26-16-19-9-11-20(12-10-19)27-15-14-24-21(28)17-27/h9-12,18H,2-8,13-17H2,1H3,(H,24,28)(H2,23,25,26). The van der Waals surface area contributed by atoms with Crippen LogP contribution in [0.2, 0.25) is 0 Å². The van der Waals surface area contributed by atoms with E-state index >= 15 is 0 Å². The molecule has 0 radical (unpaired) electrons. The van der Waals surface area contributed by atoms with Gasteiger partial charge in [0.1, 0.15) is 0 Å². The Morgan fingerprint density at radius 3 is 2.68 bits per heavy atom. The predicted molar refractivity (Wildman–Crippen MR) is 116 cm³/mol. The van der Waals surface area contributed by atoms with Crippen molar-refractivity contribution in [1.29, 1.82) is 0 Å². The van der Waals surface area contributed by atoms with Gasteiger partial charge < -0.3 is 20.9 Å². The summed E-state index contributed by atoms with van der Waals surface area (Å²) in [6.07, 6.45) is 9.66. The zero-order valence-corrected chi connectivity index (χ0v) is 17.2. The van der Waals surface area contributed by atoms with Crippen molar-refractivity contribution in [2.45, 2.75) is 51.5 Å². The van der Waals surface area contributed by atoms with Gasteiger partial charge in [0.15, 0.2) is 5.96 Å². The topological polar surface area (TPSA) is 68.8 Å². The third kappa shape index (κ3) is 6.43. The van der Waals surface area contributed by atoms with Gasteiger partial charge in [-0.3, -0.25) is 9.79 Å². The molecule has 1 amide bonds. The summed E-state index contributed by atoms with van der Waals surface area (Å²) in [5.41, 5.74) is 2.30. The number of carbonyl (C=O) groups is 1. The van der Waals surface area contributed by atoms with E-state index in [0.717, 1.165) is 37.2 Å². The van der Waals surface area contributed by atoms with E-state index in [2.05, 4.69) is 50.1 Å². The molecular weight excluding hydrogens is 350 g/mol. The van der Waals surface area contributed by atoms with Crippen LogP contribution in [0.1, 0.15) is 50.5 Å². The lowest BCUT2D eigenvalue weighted by Crippen LogP contribution is -2.47. The van der Waals surface area contributed by atoms with E-state index in [0.29, 0.717) is 13.1 Å². The first kappa shape index (κ1) is 20.5. The molecule has 6 nitrogen and oxygen atoms in total. The molecule has 0 bridgehead atoms. The molecule has 1 aliphatic carbocycles. The van der Waals surface area contributed by atoms with E-state index in [-0.39, 0.29) is 5.91 Å². The largest absolute Gasteiger partial charge is 0.360 e. The molecule has 3 N–H and O–H groups in total. The lowest BCUT2D eigenvalue weighted by molar-refractivity contribution is -0.120. The number of nitrogens with zero attached hydrogens (tertiary/aromatic N) is 2. The van der Waals surface area contributed by atoms with Crippen LogP contribution in [0.4, 0.5) is 5.69 Å². The van der Waals surface area contributed by atoms with Crippen molar-refractivity contribution >= 4 is 17.6 Å². The number of anilines is 1. The highest BCUT2D eigenvalue weighted by Crippen LogP contribution is 2.26. The summed E-state index contributed by atoms with van der Waals surface area (Å²) in [6, 6.07) is 8.42. The Hall–Kier alpha value is -2.24. The quantitative estimate of drug-likeness (QED) is 0.383. The number of nitrogens with one attached hydrogen (secondary N) is 3. The summed E-state index contributed by atoms with van der Waals surface area (Å²) in [5, 5.41) is 9.69. The Morgan fingerprint density at radius 1 is 1.18 bits per heavy atom. The molecule has 1 saturated heterocycles. The number of benzene rings is 1. The van der Waals surface area contributed by atoms with Crippen LogP contribution >= 0.6 is 0 Å². The van der Waals surface area contributed by atoms with Crippen molar-refractivity contribution in [3.05, 3.63) is 29.8 Å². The fraction of sp³-hybridized carbons (Fsp3) is 0.636. The van der Waals surface area contributed by atoms with Crippen molar-refractivity contribution < 1.29 is 4.79 Å². The lowest BCUT2D eigenvalue weighted by Gasteiger charge is -2.28. The lowest BCUT2D eigenvalue weighted by atomic mass is 9.86. The van der Waals surface area contributed by atoms with Crippen LogP contribution in [-0.4, -0.2) is 45.1 Å². The van der Waals surface area contributed by atoms with Gasteiger partial charge in [-0.25, -0.2) is 0 Å². The van der Waals surface area contributed by atoms with Crippen LogP contribution < -0.4 is 20.9 Å². The molecule has 0 unspecified atom stereocenters. The molecule has 0 aromatic heterocycles. The van der Waals surface area contributed by atoms with E-state index < -0.39 is 0 Å². The van der Waals surface area contributed by atoms with Crippen LogP contribution in [0.25, 0.3) is 0 Å². The number of carbonyl (C=O) groups excluding carboxylic acids is 1. The molecule has 1 aromatic carbocycles. The predicted octanol–water partition coefficient (Wildman–Crippen LogP) is 2.65. The van der Waals surface area contributed by atoms with Gasteiger partial charge in [0.2, 0.25) is 5.91 Å². The van der Waals surface area contributed by atoms with Gasteiger partial charge in [-0.1, -0.05) is 44.2 Å². The molecule has 1 aliphatic heterocycles. The minimum Gasteiger partial charge on any atom is -0.360 e. The Kier molecular flexibility index (Phi) is 8.00. The van der Waals surface area contributed by atoms with Crippen LogP contribution in [0, 0.1) is 5.92 Å². The molecule has 1 saturated carbocycles. The number of aliphatic imine (C=N–C) groups is 1. The Balaban J connectivity index is 1.36. The zero-order valence-electron chi connectivity index (χ0n) is 17.2. The minimum absolute atomic E-state index is 0.0929. The molecular formula is C22H35N5O. The summed E-state index contributed by atoms with van der Waals surface area (Å²) in [6.45, 7) is 3.73. The van der Waals surface area contributed by atoms with E-state index in [4.69, 9.17) is 0 Å². The monoisotopic (exact) mass is 385 g/mol. The van der Waals surface area contributed by atoms with Gasteiger partial charge >= 0.3 is 0 Å². The molecule has 0 spiro atoms. The van der Waals surface area contributed by atoms with Gasteiger partial charge in [-0.05, 0) is 36.5 Å². The second kappa shape index (κ2) is 10.9. The normalized spacial score (nSPS) is 18.7. The van der Waals surface area contributed by atoms with Crippen LogP contribution in [0.15, 0.2) is 29.3 Å². The molecule has 0 atom stereocenters. The second-order valence-electron chi connectivity index (χ2n) is 7.94. The van der Waals surface area contributed by atoms with Crippen molar-refractivity contribution in [2.75, 3.05) is 38.1 Å². The molecule has 2 fully saturated rings. The average Bonchev–Trinajstić information content (AvgIpc) is 2.74. The highest BCUT2D eigenvalue weighted by molar-refractivity contribution is 5.82. The van der Waals surface area contributed by atoms with E-state index in [1.54, 1.807) is 0 Å². The third-order valence-corrected chi connectivity index (χ3v) is 5.83. The summed E-state index contributed by atoms with van der Waals surface area (Å²) >= 11 is 0. The summed E-state index contributed by atoms with van der Waals surface area (Å²) in [7, 11) is 1.82. The first-order valence-electron chi connectivity index (χ1n) is 10.8. The van der Waals surface area contributed by atoms with Gasteiger partial charge in [0.25, 0.3) is 0 Å². The number of piperazine rings is 1. The average molecular weight is 386 g/mol. The summed E-state index contributed by atoms with van der Waals surface area (Å²) in [5.74, 6) is 1.89. The van der Waals surface area contributed by atoms with Gasteiger partial charge in [0, 0.05) is 38.9 Å². The molecule has 1 aromatic rings. The minimum atomic E-state index is 0.0929. The number of amides is 1. The second-order valence-corrected chi connectivity index (χ2v) is 7.94. The molecule has 28 heavy (non-hydrogen) atoms. The van der Waals surface area contributed by atoms with E-state index in [1.807, 2.05) is 7.05 Å². The summed E-state index contributed by atoms with van der Waals surface area (Å²) < 4.78 is 0. The van der Waals surface area contributed by atoms with Crippen LogP contribution in [0.3, 0.4) is 0 Å². The van der Waals surface area contributed by atoms with Crippen molar-refractivity contribution in [1.82, 2.24) is 16.0 Å². The molecule has 6 heteroatoms. The summed E-state index contributed by atoms with van der Waals surface area (Å²) in [4.78, 5) is 18.0.